The van der Waals surface area contributed by atoms with E-state index in [0.29, 0.717) is 17.0 Å². The number of hydrogen-bond acceptors (Lipinski definition) is 4. The minimum absolute atomic E-state index is 0.268. The average Bonchev–Trinajstić information content (AvgIpc) is 2.63. The molecule has 0 aliphatic rings. The van der Waals surface area contributed by atoms with E-state index in [0.717, 1.165) is 11.4 Å². The van der Waals surface area contributed by atoms with Gasteiger partial charge < -0.3 is 5.32 Å². The average molecular weight is 254 g/mol. The minimum Gasteiger partial charge on any atom is -0.367 e. The lowest BCUT2D eigenvalue weighted by Gasteiger charge is -2.18. The highest BCUT2D eigenvalue weighted by atomic mass is 35.5. The third-order valence-corrected chi connectivity index (χ3v) is 2.71. The van der Waals surface area contributed by atoms with E-state index in [-0.39, 0.29) is 5.92 Å². The van der Waals surface area contributed by atoms with Crippen LogP contribution in [0.5, 0.6) is 0 Å². The van der Waals surface area contributed by atoms with Gasteiger partial charge in [0.05, 0.1) is 0 Å². The van der Waals surface area contributed by atoms with Crippen LogP contribution in [-0.2, 0) is 0 Å². The molecule has 0 bridgehead atoms. The Hall–Kier alpha value is -1.36. The van der Waals surface area contributed by atoms with E-state index in [1.165, 1.54) is 6.33 Å². The Kier molecular flexibility index (Phi) is 3.19. The van der Waals surface area contributed by atoms with Gasteiger partial charge in [0.25, 0.3) is 5.78 Å². The zero-order chi connectivity index (χ0) is 12.6. The van der Waals surface area contributed by atoms with E-state index in [4.69, 9.17) is 11.6 Å². The van der Waals surface area contributed by atoms with Gasteiger partial charge in [-0.05, 0) is 19.8 Å². The zero-order valence-corrected chi connectivity index (χ0v) is 11.2. The number of anilines is 1. The van der Waals surface area contributed by atoms with Gasteiger partial charge in [0.2, 0.25) is 0 Å². The summed E-state index contributed by atoms with van der Waals surface area (Å²) in [5.74, 6) is 1.66. The number of fused-ring (bicyclic) bond motifs is 1. The lowest BCUT2D eigenvalue weighted by atomic mass is 10.1. The standard InChI is InChI=1S/C11H16ClN5/c1-6(2)8-9(12)16-11-13-5-14-17(11)10(8)15-7(3)4/h5-7,15H,1-4H3. The molecule has 92 valence electrons. The molecule has 0 amide bonds. The molecule has 5 nitrogen and oxygen atoms in total. The summed E-state index contributed by atoms with van der Waals surface area (Å²) in [5, 5.41) is 8.03. The molecular weight excluding hydrogens is 238 g/mol. The predicted molar refractivity (Wildman–Crippen MR) is 68.6 cm³/mol. The van der Waals surface area contributed by atoms with Crippen LogP contribution in [0.2, 0.25) is 5.15 Å². The predicted octanol–water partition coefficient (Wildman–Crippen LogP) is 2.72. The molecule has 6 heteroatoms. The van der Waals surface area contributed by atoms with Crippen LogP contribution in [0, 0.1) is 0 Å². The summed E-state index contributed by atoms with van der Waals surface area (Å²) in [6.07, 6.45) is 1.48. The molecule has 2 aromatic rings. The molecule has 2 aromatic heterocycles. The van der Waals surface area contributed by atoms with Gasteiger partial charge in [-0.15, -0.1) is 0 Å². The van der Waals surface area contributed by atoms with Gasteiger partial charge in [-0.1, -0.05) is 25.4 Å². The molecule has 2 rings (SSSR count). The molecule has 0 aromatic carbocycles. The molecular formula is C11H16ClN5. The summed E-state index contributed by atoms with van der Waals surface area (Å²) >= 11 is 6.21. The van der Waals surface area contributed by atoms with Crippen molar-refractivity contribution in [3.05, 3.63) is 17.0 Å². The van der Waals surface area contributed by atoms with E-state index in [9.17, 15) is 0 Å². The first-order chi connectivity index (χ1) is 8.00. The van der Waals surface area contributed by atoms with Gasteiger partial charge in [-0.25, -0.2) is 0 Å². The number of halogens is 1. The monoisotopic (exact) mass is 253 g/mol. The maximum absolute atomic E-state index is 6.21. The van der Waals surface area contributed by atoms with E-state index >= 15 is 0 Å². The van der Waals surface area contributed by atoms with E-state index in [1.54, 1.807) is 4.52 Å². The van der Waals surface area contributed by atoms with Crippen LogP contribution >= 0.6 is 11.6 Å². The number of aromatic nitrogens is 4. The van der Waals surface area contributed by atoms with Crippen molar-refractivity contribution in [2.75, 3.05) is 5.32 Å². The molecule has 2 heterocycles. The first-order valence-corrected chi connectivity index (χ1v) is 6.04. The van der Waals surface area contributed by atoms with Gasteiger partial charge in [-0.3, -0.25) is 0 Å². The van der Waals surface area contributed by atoms with Crippen molar-refractivity contribution in [3.63, 3.8) is 0 Å². The van der Waals surface area contributed by atoms with Crippen LogP contribution in [-0.4, -0.2) is 25.6 Å². The number of nitrogens with one attached hydrogen (secondary N) is 1. The Balaban J connectivity index is 2.71. The maximum Gasteiger partial charge on any atom is 0.255 e. The van der Waals surface area contributed by atoms with Crippen LogP contribution in [0.15, 0.2) is 6.33 Å². The lowest BCUT2D eigenvalue weighted by molar-refractivity contribution is 0.796. The van der Waals surface area contributed by atoms with Gasteiger partial charge in [0.15, 0.2) is 0 Å². The maximum atomic E-state index is 6.21. The molecule has 0 unspecified atom stereocenters. The van der Waals surface area contributed by atoms with Crippen molar-refractivity contribution in [1.82, 2.24) is 19.6 Å². The smallest absolute Gasteiger partial charge is 0.255 e. The summed E-state index contributed by atoms with van der Waals surface area (Å²) in [4.78, 5) is 8.30. The van der Waals surface area contributed by atoms with Crippen molar-refractivity contribution < 1.29 is 0 Å². The lowest BCUT2D eigenvalue weighted by Crippen LogP contribution is -2.17. The fraction of sp³-hybridized carbons (Fsp3) is 0.545. The van der Waals surface area contributed by atoms with E-state index < -0.39 is 0 Å². The molecule has 0 radical (unpaired) electrons. The molecule has 17 heavy (non-hydrogen) atoms. The van der Waals surface area contributed by atoms with Crippen molar-refractivity contribution in [3.8, 4) is 0 Å². The Morgan fingerprint density at radius 1 is 1.29 bits per heavy atom. The van der Waals surface area contributed by atoms with Crippen LogP contribution < -0.4 is 5.32 Å². The second kappa shape index (κ2) is 4.49. The Morgan fingerprint density at radius 3 is 2.59 bits per heavy atom. The third-order valence-electron chi connectivity index (χ3n) is 2.42. The molecule has 1 N–H and O–H groups in total. The molecule has 0 aliphatic carbocycles. The summed E-state index contributed by atoms with van der Waals surface area (Å²) < 4.78 is 1.70. The fourth-order valence-corrected chi connectivity index (χ4v) is 2.14. The molecule has 0 saturated carbocycles. The van der Waals surface area contributed by atoms with Crippen LogP contribution in [0.1, 0.15) is 39.2 Å². The Bertz CT molecular complexity index is 532. The van der Waals surface area contributed by atoms with E-state index in [1.807, 2.05) is 0 Å². The summed E-state index contributed by atoms with van der Waals surface area (Å²) in [5.41, 5.74) is 0.971. The van der Waals surface area contributed by atoms with Crippen LogP contribution in [0.3, 0.4) is 0 Å². The number of nitrogens with zero attached hydrogens (tertiary/aromatic N) is 4. The van der Waals surface area contributed by atoms with E-state index in [2.05, 4.69) is 48.1 Å². The normalized spacial score (nSPS) is 11.7. The first kappa shape index (κ1) is 12.1. The summed E-state index contributed by atoms with van der Waals surface area (Å²) in [6.45, 7) is 8.30. The topological polar surface area (TPSA) is 55.1 Å². The van der Waals surface area contributed by atoms with Crippen molar-refractivity contribution in [1.29, 1.82) is 0 Å². The second-order valence-corrected chi connectivity index (χ2v) is 4.95. The number of rotatable bonds is 3. The zero-order valence-electron chi connectivity index (χ0n) is 10.4. The molecule has 0 fully saturated rings. The van der Waals surface area contributed by atoms with Crippen molar-refractivity contribution >= 4 is 23.2 Å². The first-order valence-electron chi connectivity index (χ1n) is 5.66. The minimum atomic E-state index is 0.268. The molecule has 0 spiro atoms. The van der Waals surface area contributed by atoms with Gasteiger partial charge >= 0.3 is 0 Å². The molecule has 0 atom stereocenters. The highest BCUT2D eigenvalue weighted by molar-refractivity contribution is 6.30. The highest BCUT2D eigenvalue weighted by Gasteiger charge is 2.18. The highest BCUT2D eigenvalue weighted by Crippen LogP contribution is 2.30. The Labute approximate surface area is 105 Å². The number of hydrogen-bond donors (Lipinski definition) is 1. The fourth-order valence-electron chi connectivity index (χ4n) is 1.75. The van der Waals surface area contributed by atoms with Gasteiger partial charge in [0, 0.05) is 11.6 Å². The summed E-state index contributed by atoms with van der Waals surface area (Å²) in [7, 11) is 0. The quantitative estimate of drug-likeness (QED) is 0.855. The van der Waals surface area contributed by atoms with Gasteiger partial charge in [-0.2, -0.15) is 19.6 Å². The van der Waals surface area contributed by atoms with Crippen LogP contribution in [0.25, 0.3) is 5.78 Å². The molecule has 0 saturated heterocycles. The van der Waals surface area contributed by atoms with Crippen LogP contribution in [0.4, 0.5) is 5.82 Å². The van der Waals surface area contributed by atoms with Crippen molar-refractivity contribution in [2.45, 2.75) is 39.7 Å². The SMILES string of the molecule is CC(C)Nc1c(C(C)C)c(Cl)nc2ncnn12. The van der Waals surface area contributed by atoms with Gasteiger partial charge in [0.1, 0.15) is 17.3 Å². The second-order valence-electron chi connectivity index (χ2n) is 4.59. The largest absolute Gasteiger partial charge is 0.367 e. The van der Waals surface area contributed by atoms with Crippen molar-refractivity contribution in [2.24, 2.45) is 0 Å². The third kappa shape index (κ3) is 2.20. The Morgan fingerprint density at radius 2 is 2.00 bits per heavy atom. The molecule has 0 aliphatic heterocycles. The summed E-state index contributed by atoms with van der Waals surface area (Å²) in [6, 6.07) is 0.290.